The van der Waals surface area contributed by atoms with Gasteiger partial charge < -0.3 is 14.4 Å². The third kappa shape index (κ3) is 3.87. The molecule has 0 saturated heterocycles. The van der Waals surface area contributed by atoms with Crippen LogP contribution >= 0.6 is 11.6 Å². The molecular formula is C16H16ClF2NO2. The third-order valence-corrected chi connectivity index (χ3v) is 3.44. The molecule has 1 heterocycles. The number of benzene rings is 1. The molecule has 0 bridgehead atoms. The van der Waals surface area contributed by atoms with Gasteiger partial charge in [-0.25, -0.2) is 8.78 Å². The molecule has 1 aromatic carbocycles. The van der Waals surface area contributed by atoms with Crippen molar-refractivity contribution in [3.63, 3.8) is 0 Å². The Hall–Kier alpha value is -1.85. The van der Waals surface area contributed by atoms with Gasteiger partial charge in [0.25, 0.3) is 6.43 Å². The van der Waals surface area contributed by atoms with E-state index in [1.807, 2.05) is 0 Å². The van der Waals surface area contributed by atoms with Crippen LogP contribution in [0.1, 0.15) is 5.56 Å². The average Bonchev–Trinajstić information content (AvgIpc) is 2.50. The van der Waals surface area contributed by atoms with Crippen LogP contribution in [-0.2, 0) is 4.74 Å². The molecule has 0 amide bonds. The highest BCUT2D eigenvalue weighted by Crippen LogP contribution is 2.33. The number of hydrogen-bond donors (Lipinski definition) is 0. The Bertz CT molecular complexity index is 597. The largest absolute Gasteiger partial charge is 0.468 e. The molecular weight excluding hydrogens is 312 g/mol. The van der Waals surface area contributed by atoms with Crippen LogP contribution in [0.4, 0.5) is 8.78 Å². The molecule has 0 radical (unpaired) electrons. The zero-order chi connectivity index (χ0) is 16.1. The summed E-state index contributed by atoms with van der Waals surface area (Å²) in [5.41, 5.74) is 1.75. The van der Waals surface area contributed by atoms with E-state index in [0.29, 0.717) is 22.2 Å². The topological polar surface area (TPSA) is 21.7 Å². The van der Waals surface area contributed by atoms with Crippen LogP contribution in [0, 0.1) is 0 Å². The molecule has 1 aliphatic heterocycles. The van der Waals surface area contributed by atoms with E-state index in [0.717, 1.165) is 5.56 Å². The van der Waals surface area contributed by atoms with Crippen molar-refractivity contribution < 1.29 is 18.3 Å². The normalized spacial score (nSPS) is 15.0. The summed E-state index contributed by atoms with van der Waals surface area (Å²) in [7, 11) is 1.53. The summed E-state index contributed by atoms with van der Waals surface area (Å²) in [6.07, 6.45) is 0.855. The summed E-state index contributed by atoms with van der Waals surface area (Å²) >= 11 is 5.98. The summed E-state index contributed by atoms with van der Waals surface area (Å²) in [6, 6.07) is 7.07. The number of ether oxygens (including phenoxy) is 2. The SMILES string of the molecule is C=C1C(Cl)=CC=C(c2ccc(OCOC)cc2)N1CC(F)F. The number of nitrogens with zero attached hydrogens (tertiary/aromatic N) is 1. The number of rotatable bonds is 6. The van der Waals surface area contributed by atoms with Gasteiger partial charge in [-0.15, -0.1) is 0 Å². The quantitative estimate of drug-likeness (QED) is 0.730. The number of halogens is 3. The van der Waals surface area contributed by atoms with Crippen molar-refractivity contribution in [2.45, 2.75) is 6.43 Å². The van der Waals surface area contributed by atoms with Gasteiger partial charge in [0.05, 0.1) is 17.3 Å². The molecule has 0 spiro atoms. The van der Waals surface area contributed by atoms with Crippen LogP contribution in [0.25, 0.3) is 5.70 Å². The Morgan fingerprint density at radius 3 is 2.50 bits per heavy atom. The minimum atomic E-state index is -2.49. The number of allylic oxidation sites excluding steroid dienone is 3. The highest BCUT2D eigenvalue weighted by atomic mass is 35.5. The van der Waals surface area contributed by atoms with E-state index in [1.165, 1.54) is 12.0 Å². The molecule has 0 unspecified atom stereocenters. The molecule has 0 saturated carbocycles. The van der Waals surface area contributed by atoms with Crippen molar-refractivity contribution in [1.82, 2.24) is 4.90 Å². The van der Waals surface area contributed by atoms with E-state index in [4.69, 9.17) is 21.1 Å². The number of hydrogen-bond acceptors (Lipinski definition) is 3. The van der Waals surface area contributed by atoms with Gasteiger partial charge >= 0.3 is 0 Å². The molecule has 0 fully saturated rings. The average molecular weight is 328 g/mol. The minimum Gasteiger partial charge on any atom is -0.468 e. The van der Waals surface area contributed by atoms with Crippen LogP contribution < -0.4 is 4.74 Å². The molecule has 6 heteroatoms. The van der Waals surface area contributed by atoms with E-state index >= 15 is 0 Å². The lowest BCUT2D eigenvalue weighted by molar-refractivity contribution is 0.0511. The van der Waals surface area contributed by atoms with Crippen LogP contribution in [0.5, 0.6) is 5.75 Å². The van der Waals surface area contributed by atoms with E-state index in [-0.39, 0.29) is 6.79 Å². The van der Waals surface area contributed by atoms with Crippen molar-refractivity contribution in [3.05, 3.63) is 59.3 Å². The smallest absolute Gasteiger partial charge is 0.256 e. The van der Waals surface area contributed by atoms with Crippen molar-refractivity contribution >= 4 is 17.3 Å². The number of alkyl halides is 2. The first-order valence-corrected chi connectivity index (χ1v) is 6.95. The second-order valence-corrected chi connectivity index (χ2v) is 5.00. The Labute approximate surface area is 133 Å². The maximum absolute atomic E-state index is 12.8. The molecule has 0 aromatic heterocycles. The van der Waals surface area contributed by atoms with Crippen molar-refractivity contribution in [3.8, 4) is 5.75 Å². The van der Waals surface area contributed by atoms with Gasteiger partial charge in [-0.3, -0.25) is 0 Å². The summed E-state index contributed by atoms with van der Waals surface area (Å²) in [6.45, 7) is 3.46. The van der Waals surface area contributed by atoms with Crippen LogP contribution in [0.3, 0.4) is 0 Å². The maximum Gasteiger partial charge on any atom is 0.256 e. The second kappa shape index (κ2) is 7.42. The molecule has 3 nitrogen and oxygen atoms in total. The molecule has 0 N–H and O–H groups in total. The predicted octanol–water partition coefficient (Wildman–Crippen LogP) is 4.23. The summed E-state index contributed by atoms with van der Waals surface area (Å²) in [4.78, 5) is 1.41. The molecule has 0 aliphatic carbocycles. The van der Waals surface area contributed by atoms with Crippen molar-refractivity contribution in [2.24, 2.45) is 0 Å². The van der Waals surface area contributed by atoms with Gasteiger partial charge in [0, 0.05) is 12.8 Å². The van der Waals surface area contributed by atoms with Crippen molar-refractivity contribution in [1.29, 1.82) is 0 Å². The summed E-state index contributed by atoms with van der Waals surface area (Å²) < 4.78 is 35.7. The Kier molecular flexibility index (Phi) is 5.57. The van der Waals surface area contributed by atoms with E-state index < -0.39 is 13.0 Å². The van der Waals surface area contributed by atoms with Gasteiger partial charge in [0.2, 0.25) is 0 Å². The maximum atomic E-state index is 12.8. The van der Waals surface area contributed by atoms with Crippen LogP contribution in [-0.4, -0.2) is 31.8 Å². The Balaban J connectivity index is 2.25. The fourth-order valence-electron chi connectivity index (χ4n) is 2.06. The lowest BCUT2D eigenvalue weighted by atomic mass is 10.1. The fraction of sp³-hybridized carbons (Fsp3) is 0.250. The van der Waals surface area contributed by atoms with Gasteiger partial charge in [-0.1, -0.05) is 18.2 Å². The monoisotopic (exact) mass is 327 g/mol. The highest BCUT2D eigenvalue weighted by Gasteiger charge is 2.23. The number of methoxy groups -OCH3 is 1. The summed E-state index contributed by atoms with van der Waals surface area (Å²) in [5, 5.41) is 0.351. The van der Waals surface area contributed by atoms with Crippen LogP contribution in [0.15, 0.2) is 53.7 Å². The first-order chi connectivity index (χ1) is 10.5. The lowest BCUT2D eigenvalue weighted by Gasteiger charge is -2.31. The second-order valence-electron chi connectivity index (χ2n) is 4.59. The van der Waals surface area contributed by atoms with Gasteiger partial charge in [-0.05, 0) is 42.0 Å². The molecule has 0 atom stereocenters. The molecule has 2 rings (SSSR count). The molecule has 22 heavy (non-hydrogen) atoms. The zero-order valence-corrected chi connectivity index (χ0v) is 12.8. The predicted molar refractivity (Wildman–Crippen MR) is 82.7 cm³/mol. The van der Waals surface area contributed by atoms with E-state index in [9.17, 15) is 8.78 Å². The first-order valence-electron chi connectivity index (χ1n) is 6.57. The standard InChI is InChI=1S/C16H16ClF2NO2/c1-11-14(17)7-8-15(20(11)9-16(18)19)12-3-5-13(6-4-12)22-10-21-2/h3-8,16H,1,9-10H2,2H3. The summed E-state index contributed by atoms with van der Waals surface area (Å²) in [5.74, 6) is 0.634. The van der Waals surface area contributed by atoms with Gasteiger partial charge in [0.1, 0.15) is 5.75 Å². The highest BCUT2D eigenvalue weighted by molar-refractivity contribution is 6.32. The van der Waals surface area contributed by atoms with Crippen molar-refractivity contribution in [2.75, 3.05) is 20.4 Å². The zero-order valence-electron chi connectivity index (χ0n) is 12.1. The van der Waals surface area contributed by atoms with Crippen LogP contribution in [0.2, 0.25) is 0 Å². The van der Waals surface area contributed by atoms with Gasteiger partial charge in [0.15, 0.2) is 6.79 Å². The van der Waals surface area contributed by atoms with E-state index in [2.05, 4.69) is 6.58 Å². The lowest BCUT2D eigenvalue weighted by Crippen LogP contribution is -2.28. The molecule has 118 valence electrons. The van der Waals surface area contributed by atoms with E-state index in [1.54, 1.807) is 36.4 Å². The Morgan fingerprint density at radius 2 is 1.91 bits per heavy atom. The minimum absolute atomic E-state index is 0.148. The third-order valence-electron chi connectivity index (χ3n) is 3.09. The molecule has 1 aromatic rings. The van der Waals surface area contributed by atoms with Gasteiger partial charge in [-0.2, -0.15) is 0 Å². The Morgan fingerprint density at radius 1 is 1.23 bits per heavy atom. The fourth-order valence-corrected chi connectivity index (χ4v) is 2.23. The first kappa shape index (κ1) is 16.5. The molecule has 1 aliphatic rings.